The lowest BCUT2D eigenvalue weighted by Gasteiger charge is -2.28. The van der Waals surface area contributed by atoms with Gasteiger partial charge in [0.1, 0.15) is 0 Å². The van der Waals surface area contributed by atoms with E-state index in [9.17, 15) is 0 Å². The molecule has 0 saturated carbocycles. The molecule has 0 radical (unpaired) electrons. The first kappa shape index (κ1) is 14.8. The highest BCUT2D eigenvalue weighted by Crippen LogP contribution is 2.41. The van der Waals surface area contributed by atoms with Crippen molar-refractivity contribution in [1.29, 1.82) is 0 Å². The quantitative estimate of drug-likeness (QED) is 0.513. The zero-order valence-electron chi connectivity index (χ0n) is 12.2. The molecule has 0 heterocycles. The van der Waals surface area contributed by atoms with Gasteiger partial charge in [-0.05, 0) is 60.8 Å². The molecule has 1 unspecified atom stereocenters. The van der Waals surface area contributed by atoms with E-state index in [0.717, 1.165) is 19.3 Å². The maximum absolute atomic E-state index is 4.21. The van der Waals surface area contributed by atoms with Crippen LogP contribution in [0, 0.1) is 5.92 Å². The number of allylic oxidation sites excluding steroid dienone is 7. The summed E-state index contributed by atoms with van der Waals surface area (Å²) < 4.78 is 0. The van der Waals surface area contributed by atoms with Crippen LogP contribution in [0.1, 0.15) is 46.5 Å². The summed E-state index contributed by atoms with van der Waals surface area (Å²) in [4.78, 5) is 0. The highest BCUT2D eigenvalue weighted by Gasteiger charge is 2.24. The molecular formula is C18H26. The summed E-state index contributed by atoms with van der Waals surface area (Å²) in [5, 5.41) is 0. The summed E-state index contributed by atoms with van der Waals surface area (Å²) in [7, 11) is 0. The van der Waals surface area contributed by atoms with E-state index < -0.39 is 0 Å². The van der Waals surface area contributed by atoms with Gasteiger partial charge in [0, 0.05) is 0 Å². The van der Waals surface area contributed by atoms with Crippen molar-refractivity contribution in [2.75, 3.05) is 0 Å². The molecule has 0 aromatic carbocycles. The Morgan fingerprint density at radius 2 is 1.89 bits per heavy atom. The second-order valence-electron chi connectivity index (χ2n) is 4.98. The van der Waals surface area contributed by atoms with Crippen LogP contribution in [-0.2, 0) is 0 Å². The monoisotopic (exact) mass is 242 g/mol. The molecule has 0 nitrogen and oxygen atoms in total. The van der Waals surface area contributed by atoms with Crippen LogP contribution in [0.5, 0.6) is 0 Å². The minimum absolute atomic E-state index is 0.640. The largest absolute Gasteiger partial charge is 0.0998 e. The minimum atomic E-state index is 0.640. The lowest BCUT2D eigenvalue weighted by molar-refractivity contribution is 0.528. The van der Waals surface area contributed by atoms with Crippen molar-refractivity contribution in [3.8, 4) is 0 Å². The molecule has 98 valence electrons. The van der Waals surface area contributed by atoms with E-state index in [2.05, 4.69) is 38.8 Å². The van der Waals surface area contributed by atoms with Crippen molar-refractivity contribution in [1.82, 2.24) is 0 Å². The van der Waals surface area contributed by atoms with Crippen molar-refractivity contribution in [3.05, 3.63) is 59.8 Å². The van der Waals surface area contributed by atoms with Crippen molar-refractivity contribution in [3.63, 3.8) is 0 Å². The van der Waals surface area contributed by atoms with Gasteiger partial charge < -0.3 is 0 Å². The Hall–Kier alpha value is -1.30. The van der Waals surface area contributed by atoms with Crippen molar-refractivity contribution >= 4 is 0 Å². The van der Waals surface area contributed by atoms with Crippen LogP contribution >= 0.6 is 0 Å². The number of hydrogen-bond acceptors (Lipinski definition) is 0. The molecule has 2 aliphatic carbocycles. The smallest absolute Gasteiger partial charge is 0.00971 e. The maximum atomic E-state index is 4.21. The first-order valence-electron chi connectivity index (χ1n) is 7.01. The van der Waals surface area contributed by atoms with Crippen LogP contribution in [0.25, 0.3) is 0 Å². The van der Waals surface area contributed by atoms with Gasteiger partial charge >= 0.3 is 0 Å². The normalized spacial score (nSPS) is 22.9. The van der Waals surface area contributed by atoms with E-state index >= 15 is 0 Å². The molecule has 0 bridgehead atoms. The molecule has 2 rings (SSSR count). The fraction of sp³-hybridized carbons (Fsp3) is 0.444. The van der Waals surface area contributed by atoms with Crippen molar-refractivity contribution in [2.24, 2.45) is 5.92 Å². The first-order chi connectivity index (χ1) is 8.59. The highest BCUT2D eigenvalue weighted by atomic mass is 14.3. The average molecular weight is 242 g/mol. The van der Waals surface area contributed by atoms with E-state index in [1.807, 2.05) is 13.8 Å². The minimum Gasteiger partial charge on any atom is -0.0998 e. The van der Waals surface area contributed by atoms with Gasteiger partial charge in [0.15, 0.2) is 0 Å². The van der Waals surface area contributed by atoms with Gasteiger partial charge in [0.05, 0.1) is 0 Å². The fourth-order valence-corrected chi connectivity index (χ4v) is 2.64. The first-order valence-corrected chi connectivity index (χ1v) is 7.01. The summed E-state index contributed by atoms with van der Waals surface area (Å²) in [6.45, 7) is 18.6. The fourth-order valence-electron chi connectivity index (χ4n) is 2.64. The summed E-state index contributed by atoms with van der Waals surface area (Å²) in [6.07, 6.45) is 8.77. The van der Waals surface area contributed by atoms with E-state index in [4.69, 9.17) is 0 Å². The van der Waals surface area contributed by atoms with E-state index in [1.165, 1.54) is 34.3 Å². The molecule has 0 aromatic rings. The van der Waals surface area contributed by atoms with Gasteiger partial charge in [-0.2, -0.15) is 0 Å². The van der Waals surface area contributed by atoms with Gasteiger partial charge in [0.2, 0.25) is 0 Å². The van der Waals surface area contributed by atoms with Crippen LogP contribution in [0.3, 0.4) is 0 Å². The molecule has 1 atom stereocenters. The van der Waals surface area contributed by atoms with Gasteiger partial charge in [-0.15, -0.1) is 0 Å². The molecule has 0 heteroatoms. The Labute approximate surface area is 112 Å². The third-order valence-corrected chi connectivity index (χ3v) is 3.75. The number of rotatable bonds is 1. The van der Waals surface area contributed by atoms with Gasteiger partial charge in [0.25, 0.3) is 0 Å². The zero-order chi connectivity index (χ0) is 13.7. The Morgan fingerprint density at radius 3 is 2.50 bits per heavy atom. The van der Waals surface area contributed by atoms with Crippen LogP contribution in [0.4, 0.5) is 0 Å². The molecule has 0 saturated heterocycles. The SMILES string of the molecule is C=C1C=CCC(=C)C2=C1CCC(C(=C)C)C2.CC. The van der Waals surface area contributed by atoms with E-state index in [1.54, 1.807) is 0 Å². The Morgan fingerprint density at radius 1 is 1.22 bits per heavy atom. The molecule has 0 aliphatic heterocycles. The predicted molar refractivity (Wildman–Crippen MR) is 82.6 cm³/mol. The van der Waals surface area contributed by atoms with Gasteiger partial charge in [-0.3, -0.25) is 0 Å². The summed E-state index contributed by atoms with van der Waals surface area (Å²) in [6, 6.07) is 0. The third-order valence-electron chi connectivity index (χ3n) is 3.75. The molecular weight excluding hydrogens is 216 g/mol. The topological polar surface area (TPSA) is 0 Å². The molecule has 0 amide bonds. The van der Waals surface area contributed by atoms with Crippen LogP contribution in [0.15, 0.2) is 59.8 Å². The third kappa shape index (κ3) is 3.13. The van der Waals surface area contributed by atoms with Crippen molar-refractivity contribution < 1.29 is 0 Å². The zero-order valence-corrected chi connectivity index (χ0v) is 12.2. The molecule has 0 fully saturated rings. The van der Waals surface area contributed by atoms with E-state index in [-0.39, 0.29) is 0 Å². The number of hydrogen-bond donors (Lipinski definition) is 0. The molecule has 0 N–H and O–H groups in total. The second-order valence-corrected chi connectivity index (χ2v) is 4.98. The van der Waals surface area contributed by atoms with Gasteiger partial charge in [-0.25, -0.2) is 0 Å². The summed E-state index contributed by atoms with van der Waals surface area (Å²) in [5.41, 5.74) is 6.66. The van der Waals surface area contributed by atoms with E-state index in [0.29, 0.717) is 5.92 Å². The standard InChI is InChI=1S/C16H20.C2H6/c1-11(2)14-8-9-15-12(3)6-5-7-13(4)16(15)10-14;1-2/h5-6,14H,1,3-4,7-10H2,2H3;1-2H3. The molecule has 0 aromatic heterocycles. The van der Waals surface area contributed by atoms with Crippen LogP contribution < -0.4 is 0 Å². The lowest BCUT2D eigenvalue weighted by Crippen LogP contribution is -2.12. The van der Waals surface area contributed by atoms with Crippen LogP contribution in [-0.4, -0.2) is 0 Å². The Bertz CT molecular complexity index is 415. The van der Waals surface area contributed by atoms with Gasteiger partial charge in [-0.1, -0.05) is 51.3 Å². The molecule has 18 heavy (non-hydrogen) atoms. The Balaban J connectivity index is 0.000000771. The predicted octanol–water partition coefficient (Wildman–Crippen LogP) is 5.76. The van der Waals surface area contributed by atoms with Crippen LogP contribution in [0.2, 0.25) is 0 Å². The molecule has 0 spiro atoms. The second kappa shape index (κ2) is 6.58. The van der Waals surface area contributed by atoms with Crippen molar-refractivity contribution in [2.45, 2.75) is 46.5 Å². The highest BCUT2D eigenvalue weighted by molar-refractivity contribution is 5.51. The lowest BCUT2D eigenvalue weighted by atomic mass is 9.77. The Kier molecular flexibility index (Phi) is 5.40. The maximum Gasteiger partial charge on any atom is -0.00971 e. The summed E-state index contributed by atoms with van der Waals surface area (Å²) >= 11 is 0. The summed E-state index contributed by atoms with van der Waals surface area (Å²) in [5.74, 6) is 0.640. The average Bonchev–Trinajstić information content (AvgIpc) is 2.52. The molecule has 2 aliphatic rings.